The van der Waals surface area contributed by atoms with E-state index in [0.717, 1.165) is 6.42 Å². The van der Waals surface area contributed by atoms with Crippen LogP contribution in [0.25, 0.3) is 0 Å². The fourth-order valence-electron chi connectivity index (χ4n) is 1.53. The van der Waals surface area contributed by atoms with Gasteiger partial charge in [-0.2, -0.15) is 0 Å². The number of carbonyl (C=O) groups excluding carboxylic acids is 1. The Hall–Kier alpha value is -1.34. The van der Waals surface area contributed by atoms with E-state index in [1.807, 2.05) is 6.92 Å². The Balaban J connectivity index is 2.34. The number of carboxylic acid groups (broad SMARTS) is 1. The first-order chi connectivity index (χ1) is 8.04. The molecular formula is C10H18N2O5. The van der Waals surface area contributed by atoms with Gasteiger partial charge in [-0.05, 0) is 6.42 Å². The largest absolute Gasteiger partial charge is 0.479 e. The minimum Gasteiger partial charge on any atom is -0.479 e. The third kappa shape index (κ3) is 4.20. The molecule has 3 N–H and O–H groups in total. The van der Waals surface area contributed by atoms with E-state index < -0.39 is 12.1 Å². The molecule has 0 bridgehead atoms. The smallest absolute Gasteiger partial charge is 0.334 e. The zero-order valence-corrected chi connectivity index (χ0v) is 9.76. The van der Waals surface area contributed by atoms with Gasteiger partial charge in [-0.3, -0.25) is 0 Å². The van der Waals surface area contributed by atoms with Crippen molar-refractivity contribution in [1.82, 2.24) is 10.2 Å². The van der Waals surface area contributed by atoms with Crippen molar-refractivity contribution >= 4 is 12.0 Å². The highest BCUT2D eigenvalue weighted by Gasteiger charge is 2.23. The number of urea groups is 1. The number of aliphatic hydroxyl groups is 1. The van der Waals surface area contributed by atoms with E-state index in [0.29, 0.717) is 19.7 Å². The number of nitrogens with zero attached hydrogens (tertiary/aromatic N) is 1. The molecule has 98 valence electrons. The first-order valence-corrected chi connectivity index (χ1v) is 5.59. The molecule has 2 unspecified atom stereocenters. The summed E-state index contributed by atoms with van der Waals surface area (Å²) in [7, 11) is 0. The minimum atomic E-state index is -1.57. The highest BCUT2D eigenvalue weighted by molar-refractivity contribution is 5.76. The van der Waals surface area contributed by atoms with Gasteiger partial charge in [0, 0.05) is 13.1 Å². The standard InChI is InChI=1S/C10H18N2O5/c1-2-7-6-12(3-4-17-7)10(16)11-5-8(13)9(14)15/h7-8,13H,2-6H2,1H3,(H,11,16)(H,14,15). The molecule has 1 saturated heterocycles. The van der Waals surface area contributed by atoms with E-state index in [1.54, 1.807) is 4.90 Å². The fraction of sp³-hybridized carbons (Fsp3) is 0.800. The molecule has 0 saturated carbocycles. The van der Waals surface area contributed by atoms with Crippen LogP contribution in [0.1, 0.15) is 13.3 Å². The molecule has 2 atom stereocenters. The third-order valence-corrected chi connectivity index (χ3v) is 2.61. The second kappa shape index (κ2) is 6.41. The lowest BCUT2D eigenvalue weighted by atomic mass is 10.2. The summed E-state index contributed by atoms with van der Waals surface area (Å²) in [4.78, 5) is 23.6. The van der Waals surface area contributed by atoms with Crippen molar-refractivity contribution in [3.63, 3.8) is 0 Å². The second-order valence-electron chi connectivity index (χ2n) is 3.89. The topological polar surface area (TPSA) is 99.1 Å². The Morgan fingerprint density at radius 1 is 1.59 bits per heavy atom. The molecule has 0 radical (unpaired) electrons. The normalized spacial score (nSPS) is 22.0. The quantitative estimate of drug-likeness (QED) is 0.606. The molecule has 7 heteroatoms. The van der Waals surface area contributed by atoms with Crippen LogP contribution in [0.4, 0.5) is 4.79 Å². The number of amides is 2. The van der Waals surface area contributed by atoms with Gasteiger partial charge in [0.05, 0.1) is 19.3 Å². The van der Waals surface area contributed by atoms with Crippen LogP contribution < -0.4 is 5.32 Å². The average Bonchev–Trinajstić information content (AvgIpc) is 2.35. The van der Waals surface area contributed by atoms with Gasteiger partial charge in [-0.1, -0.05) is 6.92 Å². The maximum Gasteiger partial charge on any atom is 0.334 e. The van der Waals surface area contributed by atoms with E-state index in [2.05, 4.69) is 5.32 Å². The molecule has 0 aromatic heterocycles. The maximum absolute atomic E-state index is 11.6. The Morgan fingerprint density at radius 2 is 2.29 bits per heavy atom. The average molecular weight is 246 g/mol. The van der Waals surface area contributed by atoms with Crippen LogP contribution in [-0.4, -0.2) is 65.6 Å². The number of carbonyl (C=O) groups is 2. The summed E-state index contributed by atoms with van der Waals surface area (Å²) in [5.74, 6) is -1.35. The van der Waals surface area contributed by atoms with Crippen molar-refractivity contribution in [1.29, 1.82) is 0 Å². The Bertz CT molecular complexity index is 284. The number of aliphatic carboxylic acids is 1. The summed E-state index contributed by atoms with van der Waals surface area (Å²) < 4.78 is 5.41. The number of carboxylic acids is 1. The summed E-state index contributed by atoms with van der Waals surface area (Å²) in [6, 6.07) is -0.368. The Morgan fingerprint density at radius 3 is 2.88 bits per heavy atom. The number of morpholine rings is 1. The van der Waals surface area contributed by atoms with Crippen molar-refractivity contribution in [3.8, 4) is 0 Å². The molecule has 1 fully saturated rings. The summed E-state index contributed by atoms with van der Waals surface area (Å²) in [5.41, 5.74) is 0. The van der Waals surface area contributed by atoms with E-state index in [1.165, 1.54) is 0 Å². The zero-order chi connectivity index (χ0) is 12.8. The predicted molar refractivity (Wildman–Crippen MR) is 58.6 cm³/mol. The van der Waals surface area contributed by atoms with Crippen molar-refractivity contribution in [2.75, 3.05) is 26.2 Å². The summed E-state index contributed by atoms with van der Waals surface area (Å²) >= 11 is 0. The Kier molecular flexibility index (Phi) is 5.17. The number of rotatable bonds is 4. The Labute approximate surface area is 99.4 Å². The molecule has 0 aliphatic carbocycles. The van der Waals surface area contributed by atoms with Gasteiger partial charge in [-0.25, -0.2) is 9.59 Å². The van der Waals surface area contributed by atoms with E-state index >= 15 is 0 Å². The number of hydrogen-bond acceptors (Lipinski definition) is 4. The highest BCUT2D eigenvalue weighted by atomic mass is 16.5. The van der Waals surface area contributed by atoms with Gasteiger partial charge >= 0.3 is 12.0 Å². The van der Waals surface area contributed by atoms with E-state index in [9.17, 15) is 9.59 Å². The molecule has 0 aromatic carbocycles. The van der Waals surface area contributed by atoms with Crippen molar-refractivity contribution in [3.05, 3.63) is 0 Å². The van der Waals surface area contributed by atoms with Gasteiger partial charge < -0.3 is 25.2 Å². The molecule has 0 spiro atoms. The predicted octanol–water partition coefficient (Wildman–Crippen LogP) is -0.748. The molecular weight excluding hydrogens is 228 g/mol. The van der Waals surface area contributed by atoms with Crippen LogP contribution in [0.2, 0.25) is 0 Å². The van der Waals surface area contributed by atoms with Crippen molar-refractivity contribution in [2.45, 2.75) is 25.6 Å². The van der Waals surface area contributed by atoms with Crippen molar-refractivity contribution < 1.29 is 24.5 Å². The second-order valence-corrected chi connectivity index (χ2v) is 3.89. The SMILES string of the molecule is CCC1CN(C(=O)NCC(O)C(=O)O)CCO1. The van der Waals surface area contributed by atoms with Crippen LogP contribution in [0.15, 0.2) is 0 Å². The van der Waals surface area contributed by atoms with Gasteiger partial charge in [0.1, 0.15) is 0 Å². The van der Waals surface area contributed by atoms with Crippen LogP contribution >= 0.6 is 0 Å². The van der Waals surface area contributed by atoms with E-state index in [4.69, 9.17) is 14.9 Å². The first kappa shape index (κ1) is 13.7. The molecule has 17 heavy (non-hydrogen) atoms. The molecule has 1 heterocycles. The van der Waals surface area contributed by atoms with Crippen LogP contribution in [0.5, 0.6) is 0 Å². The lowest BCUT2D eigenvalue weighted by Gasteiger charge is -2.32. The number of ether oxygens (including phenoxy) is 1. The summed E-state index contributed by atoms with van der Waals surface area (Å²) in [6.45, 7) is 3.13. The molecule has 2 amide bonds. The van der Waals surface area contributed by atoms with Gasteiger partial charge in [0.25, 0.3) is 0 Å². The summed E-state index contributed by atoms with van der Waals surface area (Å²) in [5, 5.41) is 19.8. The lowest BCUT2D eigenvalue weighted by molar-refractivity contribution is -0.146. The molecule has 1 aliphatic rings. The van der Waals surface area contributed by atoms with E-state index in [-0.39, 0.29) is 18.7 Å². The molecule has 7 nitrogen and oxygen atoms in total. The molecule has 1 aliphatic heterocycles. The third-order valence-electron chi connectivity index (χ3n) is 2.61. The van der Waals surface area contributed by atoms with Crippen LogP contribution in [0, 0.1) is 0 Å². The minimum absolute atomic E-state index is 0.0268. The summed E-state index contributed by atoms with van der Waals surface area (Å²) in [6.07, 6.45) is -0.720. The number of hydrogen-bond donors (Lipinski definition) is 3. The van der Waals surface area contributed by atoms with Crippen LogP contribution in [-0.2, 0) is 9.53 Å². The van der Waals surface area contributed by atoms with Gasteiger partial charge in [0.15, 0.2) is 6.10 Å². The fourth-order valence-corrected chi connectivity index (χ4v) is 1.53. The van der Waals surface area contributed by atoms with Crippen LogP contribution in [0.3, 0.4) is 0 Å². The zero-order valence-electron chi connectivity index (χ0n) is 9.76. The molecule has 1 rings (SSSR count). The first-order valence-electron chi connectivity index (χ1n) is 5.59. The number of aliphatic hydroxyl groups excluding tert-OH is 1. The monoisotopic (exact) mass is 246 g/mol. The van der Waals surface area contributed by atoms with Gasteiger partial charge in [0.2, 0.25) is 0 Å². The lowest BCUT2D eigenvalue weighted by Crippen LogP contribution is -2.51. The molecule has 0 aromatic rings. The van der Waals surface area contributed by atoms with Crippen molar-refractivity contribution in [2.24, 2.45) is 0 Å². The number of nitrogens with one attached hydrogen (secondary N) is 1. The maximum atomic E-state index is 11.6. The van der Waals surface area contributed by atoms with Gasteiger partial charge in [-0.15, -0.1) is 0 Å². The highest BCUT2D eigenvalue weighted by Crippen LogP contribution is 2.07.